The Labute approximate surface area is 112 Å². The normalized spacial score (nSPS) is 19.6. The molecule has 0 saturated heterocycles. The first-order valence-electron chi connectivity index (χ1n) is 6.23. The number of rotatable bonds is 2. The van der Waals surface area contributed by atoms with Gasteiger partial charge in [0.25, 0.3) is 0 Å². The average Bonchev–Trinajstić information content (AvgIpc) is 2.78. The molecule has 2 aromatic rings. The maximum absolute atomic E-state index is 10.4. The molecule has 0 fully saturated rings. The number of halogens is 1. The van der Waals surface area contributed by atoms with Crippen LogP contribution in [0.4, 0.5) is 0 Å². The van der Waals surface area contributed by atoms with Crippen LogP contribution in [0.5, 0.6) is 0 Å². The first kappa shape index (κ1) is 11.8. The Kier molecular flexibility index (Phi) is 3.11. The molecule has 0 aromatic heterocycles. The maximum atomic E-state index is 10.4. The summed E-state index contributed by atoms with van der Waals surface area (Å²) in [4.78, 5) is 0. The first-order chi connectivity index (χ1) is 8.74. The predicted molar refractivity (Wildman–Crippen MR) is 74.0 cm³/mol. The Morgan fingerprint density at radius 3 is 2.44 bits per heavy atom. The SMILES string of the molecule is OC(c1ccccc1)c1ccc2c(c1)CC(Cl)C2. The third-order valence-electron chi connectivity index (χ3n) is 3.54. The molecule has 0 spiro atoms. The van der Waals surface area contributed by atoms with E-state index in [0.29, 0.717) is 0 Å². The van der Waals surface area contributed by atoms with Crippen molar-refractivity contribution in [2.24, 2.45) is 0 Å². The van der Waals surface area contributed by atoms with Gasteiger partial charge < -0.3 is 5.11 Å². The predicted octanol–water partition coefficient (Wildman–Crippen LogP) is 3.47. The largest absolute Gasteiger partial charge is 0.384 e. The molecule has 1 aliphatic carbocycles. The Hall–Kier alpha value is -1.31. The van der Waals surface area contributed by atoms with Gasteiger partial charge in [-0.25, -0.2) is 0 Å². The summed E-state index contributed by atoms with van der Waals surface area (Å²) in [7, 11) is 0. The minimum atomic E-state index is -0.550. The van der Waals surface area contributed by atoms with Crippen LogP contribution >= 0.6 is 11.6 Å². The van der Waals surface area contributed by atoms with Gasteiger partial charge in [0.2, 0.25) is 0 Å². The molecule has 0 saturated carbocycles. The van der Waals surface area contributed by atoms with Crippen LogP contribution in [-0.4, -0.2) is 10.5 Å². The van der Waals surface area contributed by atoms with Gasteiger partial charge in [-0.15, -0.1) is 11.6 Å². The third-order valence-corrected chi connectivity index (χ3v) is 3.85. The van der Waals surface area contributed by atoms with Gasteiger partial charge in [0.1, 0.15) is 6.10 Å². The molecular formula is C16H15ClO. The molecule has 1 aliphatic rings. The lowest BCUT2D eigenvalue weighted by molar-refractivity contribution is 0.220. The molecule has 1 N–H and O–H groups in total. The molecule has 2 heteroatoms. The van der Waals surface area contributed by atoms with E-state index in [-0.39, 0.29) is 5.38 Å². The van der Waals surface area contributed by atoms with Crippen molar-refractivity contribution in [1.82, 2.24) is 0 Å². The van der Waals surface area contributed by atoms with Gasteiger partial charge in [-0.05, 0) is 35.1 Å². The van der Waals surface area contributed by atoms with Crippen LogP contribution in [0.3, 0.4) is 0 Å². The van der Waals surface area contributed by atoms with E-state index in [1.165, 1.54) is 11.1 Å². The maximum Gasteiger partial charge on any atom is 0.104 e. The number of fused-ring (bicyclic) bond motifs is 1. The monoisotopic (exact) mass is 258 g/mol. The van der Waals surface area contributed by atoms with Crippen molar-refractivity contribution < 1.29 is 5.11 Å². The number of alkyl halides is 1. The van der Waals surface area contributed by atoms with E-state index in [9.17, 15) is 5.11 Å². The zero-order chi connectivity index (χ0) is 12.5. The minimum absolute atomic E-state index is 0.212. The van der Waals surface area contributed by atoms with E-state index in [4.69, 9.17) is 11.6 Å². The smallest absolute Gasteiger partial charge is 0.104 e. The van der Waals surface area contributed by atoms with E-state index in [2.05, 4.69) is 12.1 Å². The number of aliphatic hydroxyl groups is 1. The van der Waals surface area contributed by atoms with Gasteiger partial charge in [0, 0.05) is 5.38 Å². The zero-order valence-electron chi connectivity index (χ0n) is 10.0. The molecule has 3 rings (SSSR count). The Bertz CT molecular complexity index is 550. The molecular weight excluding hydrogens is 244 g/mol. The molecule has 2 atom stereocenters. The van der Waals surface area contributed by atoms with Crippen molar-refractivity contribution in [2.75, 3.05) is 0 Å². The fourth-order valence-electron chi connectivity index (χ4n) is 2.58. The molecule has 92 valence electrons. The number of hydrogen-bond donors (Lipinski definition) is 1. The quantitative estimate of drug-likeness (QED) is 0.818. The van der Waals surface area contributed by atoms with Crippen LogP contribution < -0.4 is 0 Å². The van der Waals surface area contributed by atoms with Crippen molar-refractivity contribution >= 4 is 11.6 Å². The molecule has 0 heterocycles. The number of aliphatic hydroxyl groups excluding tert-OH is 1. The summed E-state index contributed by atoms with van der Waals surface area (Å²) in [6.07, 6.45) is 1.30. The standard InChI is InChI=1S/C16H15ClO/c17-15-9-12-6-7-13(8-14(12)10-15)16(18)11-4-2-1-3-5-11/h1-8,15-16,18H,9-10H2. The van der Waals surface area contributed by atoms with Crippen LogP contribution in [0.25, 0.3) is 0 Å². The van der Waals surface area contributed by atoms with Crippen LogP contribution in [0.15, 0.2) is 48.5 Å². The first-order valence-corrected chi connectivity index (χ1v) is 6.66. The van der Waals surface area contributed by atoms with Gasteiger partial charge in [-0.3, -0.25) is 0 Å². The Morgan fingerprint density at radius 1 is 0.944 bits per heavy atom. The van der Waals surface area contributed by atoms with E-state index < -0.39 is 6.10 Å². The van der Waals surface area contributed by atoms with Crippen molar-refractivity contribution in [1.29, 1.82) is 0 Å². The second kappa shape index (κ2) is 4.75. The van der Waals surface area contributed by atoms with Crippen LogP contribution in [0, 0.1) is 0 Å². The highest BCUT2D eigenvalue weighted by Crippen LogP contribution is 2.30. The van der Waals surface area contributed by atoms with E-state index >= 15 is 0 Å². The highest BCUT2D eigenvalue weighted by atomic mass is 35.5. The molecule has 0 aliphatic heterocycles. The van der Waals surface area contributed by atoms with Gasteiger partial charge in [0.15, 0.2) is 0 Å². The summed E-state index contributed by atoms with van der Waals surface area (Å²) >= 11 is 6.16. The molecule has 1 nitrogen and oxygen atoms in total. The fraction of sp³-hybridized carbons (Fsp3) is 0.250. The second-order valence-corrected chi connectivity index (χ2v) is 5.46. The summed E-state index contributed by atoms with van der Waals surface area (Å²) in [6.45, 7) is 0. The molecule has 0 radical (unpaired) electrons. The number of hydrogen-bond acceptors (Lipinski definition) is 1. The third kappa shape index (κ3) is 2.16. The molecule has 0 amide bonds. The fourth-order valence-corrected chi connectivity index (χ4v) is 2.91. The zero-order valence-corrected chi connectivity index (χ0v) is 10.8. The van der Waals surface area contributed by atoms with E-state index in [1.54, 1.807) is 0 Å². The van der Waals surface area contributed by atoms with Crippen molar-refractivity contribution in [3.63, 3.8) is 0 Å². The summed E-state index contributed by atoms with van der Waals surface area (Å²) in [5, 5.41) is 10.6. The summed E-state index contributed by atoms with van der Waals surface area (Å²) in [5.41, 5.74) is 4.48. The topological polar surface area (TPSA) is 20.2 Å². The van der Waals surface area contributed by atoms with Gasteiger partial charge >= 0.3 is 0 Å². The summed E-state index contributed by atoms with van der Waals surface area (Å²) < 4.78 is 0. The van der Waals surface area contributed by atoms with Crippen molar-refractivity contribution in [2.45, 2.75) is 24.3 Å². The van der Waals surface area contributed by atoms with Crippen molar-refractivity contribution in [3.05, 3.63) is 70.8 Å². The lowest BCUT2D eigenvalue weighted by Crippen LogP contribution is -2.00. The average molecular weight is 259 g/mol. The minimum Gasteiger partial charge on any atom is -0.384 e. The molecule has 0 bridgehead atoms. The summed E-state index contributed by atoms with van der Waals surface area (Å²) in [6, 6.07) is 15.9. The highest BCUT2D eigenvalue weighted by Gasteiger charge is 2.21. The van der Waals surface area contributed by atoms with E-state index in [0.717, 1.165) is 24.0 Å². The molecule has 2 unspecified atom stereocenters. The van der Waals surface area contributed by atoms with Crippen LogP contribution in [0.2, 0.25) is 0 Å². The van der Waals surface area contributed by atoms with E-state index in [1.807, 2.05) is 36.4 Å². The lowest BCUT2D eigenvalue weighted by atomic mass is 9.98. The van der Waals surface area contributed by atoms with Crippen LogP contribution in [0.1, 0.15) is 28.4 Å². The van der Waals surface area contributed by atoms with Crippen molar-refractivity contribution in [3.8, 4) is 0 Å². The Morgan fingerprint density at radius 2 is 1.67 bits per heavy atom. The summed E-state index contributed by atoms with van der Waals surface area (Å²) in [5.74, 6) is 0. The lowest BCUT2D eigenvalue weighted by Gasteiger charge is -2.12. The molecule has 2 aromatic carbocycles. The van der Waals surface area contributed by atoms with Gasteiger partial charge in [-0.2, -0.15) is 0 Å². The van der Waals surface area contributed by atoms with Gasteiger partial charge in [0.05, 0.1) is 0 Å². The van der Waals surface area contributed by atoms with Gasteiger partial charge in [-0.1, -0.05) is 48.5 Å². The molecule has 18 heavy (non-hydrogen) atoms. The van der Waals surface area contributed by atoms with Crippen LogP contribution in [-0.2, 0) is 12.8 Å². The second-order valence-electron chi connectivity index (χ2n) is 4.85. The number of benzene rings is 2. The Balaban J connectivity index is 1.92. The highest BCUT2D eigenvalue weighted by molar-refractivity contribution is 6.21.